The maximum atomic E-state index is 13.3. The van der Waals surface area contributed by atoms with Crippen LogP contribution in [0.25, 0.3) is 22.2 Å². The number of benzene rings is 2. The van der Waals surface area contributed by atoms with Crippen LogP contribution in [0.4, 0.5) is 9.52 Å². The Hall–Kier alpha value is -2.99. The van der Waals surface area contributed by atoms with Crippen LogP contribution in [-0.4, -0.2) is 15.9 Å². The third-order valence-corrected chi connectivity index (χ3v) is 5.29. The molecule has 136 valence electrons. The standard InChI is InChI=1S/C21H18FN3OS/c1-13-12-27-21(23-13)25-19(26)11-10-17-16-4-2-3-5-18(16)24-20(17)14-6-8-15(22)9-7-14/h2-9,12,24H,10-11H2,1H3,(H,23,25,26). The Balaban J connectivity index is 1.60. The molecule has 0 aliphatic rings. The summed E-state index contributed by atoms with van der Waals surface area (Å²) in [6.45, 7) is 1.90. The lowest BCUT2D eigenvalue weighted by molar-refractivity contribution is -0.116. The molecule has 1 amide bonds. The number of nitrogens with zero attached hydrogens (tertiary/aromatic N) is 1. The highest BCUT2D eigenvalue weighted by Gasteiger charge is 2.15. The van der Waals surface area contributed by atoms with E-state index >= 15 is 0 Å². The van der Waals surface area contributed by atoms with E-state index in [1.807, 2.05) is 36.6 Å². The van der Waals surface area contributed by atoms with E-state index in [1.165, 1.54) is 23.5 Å². The number of para-hydroxylation sites is 1. The molecular weight excluding hydrogens is 361 g/mol. The lowest BCUT2D eigenvalue weighted by Gasteiger charge is -2.06. The van der Waals surface area contributed by atoms with E-state index in [-0.39, 0.29) is 11.7 Å². The van der Waals surface area contributed by atoms with Crippen molar-refractivity contribution in [3.8, 4) is 11.3 Å². The smallest absolute Gasteiger partial charge is 0.226 e. The molecule has 0 fully saturated rings. The third-order valence-electron chi connectivity index (χ3n) is 4.41. The van der Waals surface area contributed by atoms with E-state index in [2.05, 4.69) is 15.3 Å². The fourth-order valence-corrected chi connectivity index (χ4v) is 3.86. The van der Waals surface area contributed by atoms with Gasteiger partial charge in [-0.15, -0.1) is 11.3 Å². The first-order chi connectivity index (χ1) is 13.1. The molecule has 0 aliphatic carbocycles. The number of rotatable bonds is 5. The van der Waals surface area contributed by atoms with Gasteiger partial charge in [-0.05, 0) is 54.8 Å². The van der Waals surface area contributed by atoms with Gasteiger partial charge in [-0.1, -0.05) is 18.2 Å². The van der Waals surface area contributed by atoms with E-state index in [0.717, 1.165) is 33.4 Å². The third kappa shape index (κ3) is 3.75. The molecule has 0 aliphatic heterocycles. The molecule has 4 rings (SSSR count). The lowest BCUT2D eigenvalue weighted by Crippen LogP contribution is -2.12. The molecule has 2 heterocycles. The van der Waals surface area contributed by atoms with Crippen molar-refractivity contribution in [3.05, 3.63) is 71.0 Å². The van der Waals surface area contributed by atoms with E-state index in [4.69, 9.17) is 0 Å². The molecule has 0 bridgehead atoms. The SMILES string of the molecule is Cc1csc(NC(=O)CCc2c(-c3ccc(F)cc3)[nH]c3ccccc23)n1. The zero-order chi connectivity index (χ0) is 18.8. The Kier molecular flexibility index (Phi) is 4.73. The van der Waals surface area contributed by atoms with Crippen LogP contribution in [0, 0.1) is 12.7 Å². The Morgan fingerprint density at radius 3 is 2.70 bits per heavy atom. The molecule has 2 aromatic heterocycles. The van der Waals surface area contributed by atoms with Crippen LogP contribution >= 0.6 is 11.3 Å². The number of hydrogen-bond donors (Lipinski definition) is 2. The molecule has 4 nitrogen and oxygen atoms in total. The number of carbonyl (C=O) groups excluding carboxylic acids is 1. The quantitative estimate of drug-likeness (QED) is 0.494. The molecule has 4 aromatic rings. The summed E-state index contributed by atoms with van der Waals surface area (Å²) in [6, 6.07) is 14.4. The molecule has 0 saturated heterocycles. The average Bonchev–Trinajstić information content (AvgIpc) is 3.24. The molecule has 6 heteroatoms. The Bertz CT molecular complexity index is 1100. The molecular formula is C21H18FN3OS. The molecule has 0 atom stereocenters. The maximum Gasteiger partial charge on any atom is 0.226 e. The number of aryl methyl sites for hydroxylation is 2. The van der Waals surface area contributed by atoms with Gasteiger partial charge >= 0.3 is 0 Å². The number of carbonyl (C=O) groups is 1. The van der Waals surface area contributed by atoms with Crippen LogP contribution in [-0.2, 0) is 11.2 Å². The predicted octanol–water partition coefficient (Wildman–Crippen LogP) is 5.31. The van der Waals surface area contributed by atoms with E-state index < -0.39 is 0 Å². The van der Waals surface area contributed by atoms with Gasteiger partial charge in [0.2, 0.25) is 5.91 Å². The largest absolute Gasteiger partial charge is 0.354 e. The zero-order valence-corrected chi connectivity index (χ0v) is 15.6. The number of hydrogen-bond acceptors (Lipinski definition) is 3. The monoisotopic (exact) mass is 379 g/mol. The van der Waals surface area contributed by atoms with Gasteiger partial charge in [0.05, 0.1) is 5.69 Å². The summed E-state index contributed by atoms with van der Waals surface area (Å²) in [7, 11) is 0. The van der Waals surface area contributed by atoms with Crippen molar-refractivity contribution >= 4 is 33.3 Å². The fourth-order valence-electron chi connectivity index (χ4n) is 3.15. The van der Waals surface area contributed by atoms with Crippen molar-refractivity contribution in [2.45, 2.75) is 19.8 Å². The van der Waals surface area contributed by atoms with Crippen LogP contribution < -0.4 is 5.32 Å². The normalized spacial score (nSPS) is 11.0. The summed E-state index contributed by atoms with van der Waals surface area (Å²) in [6.07, 6.45) is 0.918. The topological polar surface area (TPSA) is 57.8 Å². The molecule has 2 aromatic carbocycles. The number of fused-ring (bicyclic) bond motifs is 1. The van der Waals surface area contributed by atoms with Gasteiger partial charge in [0.15, 0.2) is 5.13 Å². The van der Waals surface area contributed by atoms with Crippen molar-refractivity contribution in [3.63, 3.8) is 0 Å². The number of aromatic amines is 1. The summed E-state index contributed by atoms with van der Waals surface area (Å²) in [5, 5.41) is 6.45. The molecule has 0 saturated carbocycles. The predicted molar refractivity (Wildman–Crippen MR) is 107 cm³/mol. The fraction of sp³-hybridized carbons (Fsp3) is 0.143. The van der Waals surface area contributed by atoms with Crippen molar-refractivity contribution in [1.82, 2.24) is 9.97 Å². The van der Waals surface area contributed by atoms with Crippen LogP contribution in [0.5, 0.6) is 0 Å². The average molecular weight is 379 g/mol. The number of aromatic nitrogens is 2. The summed E-state index contributed by atoms with van der Waals surface area (Å²) in [4.78, 5) is 20.0. The molecule has 0 radical (unpaired) electrons. The van der Waals surface area contributed by atoms with Crippen LogP contribution in [0.3, 0.4) is 0 Å². The minimum atomic E-state index is -0.269. The van der Waals surface area contributed by atoms with Gasteiger partial charge in [0.1, 0.15) is 5.82 Å². The van der Waals surface area contributed by atoms with Crippen molar-refractivity contribution < 1.29 is 9.18 Å². The van der Waals surface area contributed by atoms with Gasteiger partial charge < -0.3 is 10.3 Å². The number of amides is 1. The van der Waals surface area contributed by atoms with Crippen molar-refractivity contribution in [2.75, 3.05) is 5.32 Å². The summed E-state index contributed by atoms with van der Waals surface area (Å²) < 4.78 is 13.3. The lowest BCUT2D eigenvalue weighted by atomic mass is 10.0. The molecule has 27 heavy (non-hydrogen) atoms. The molecule has 0 spiro atoms. The highest BCUT2D eigenvalue weighted by molar-refractivity contribution is 7.13. The first-order valence-electron chi connectivity index (χ1n) is 8.67. The number of H-pyrrole nitrogens is 1. The number of nitrogens with one attached hydrogen (secondary N) is 2. The first-order valence-corrected chi connectivity index (χ1v) is 9.55. The Morgan fingerprint density at radius 2 is 1.96 bits per heavy atom. The van der Waals surface area contributed by atoms with E-state index in [1.54, 1.807) is 12.1 Å². The summed E-state index contributed by atoms with van der Waals surface area (Å²) in [5.74, 6) is -0.339. The van der Waals surface area contributed by atoms with Gasteiger partial charge in [0.25, 0.3) is 0 Å². The Morgan fingerprint density at radius 1 is 1.19 bits per heavy atom. The number of halogens is 1. The van der Waals surface area contributed by atoms with Crippen molar-refractivity contribution in [2.24, 2.45) is 0 Å². The summed E-state index contributed by atoms with van der Waals surface area (Å²) >= 11 is 1.42. The molecule has 2 N–H and O–H groups in total. The second kappa shape index (κ2) is 7.32. The van der Waals surface area contributed by atoms with Crippen LogP contribution in [0.1, 0.15) is 17.7 Å². The zero-order valence-electron chi connectivity index (χ0n) is 14.8. The molecule has 0 unspecified atom stereocenters. The number of anilines is 1. The minimum absolute atomic E-state index is 0.0697. The van der Waals surface area contributed by atoms with Gasteiger partial charge in [-0.25, -0.2) is 9.37 Å². The summed E-state index contributed by atoms with van der Waals surface area (Å²) in [5.41, 5.74) is 4.78. The van der Waals surface area contributed by atoms with E-state index in [9.17, 15) is 9.18 Å². The minimum Gasteiger partial charge on any atom is -0.354 e. The van der Waals surface area contributed by atoms with Crippen molar-refractivity contribution in [1.29, 1.82) is 0 Å². The second-order valence-electron chi connectivity index (χ2n) is 6.37. The number of thiazole rings is 1. The highest BCUT2D eigenvalue weighted by atomic mass is 32.1. The van der Waals surface area contributed by atoms with E-state index in [0.29, 0.717) is 18.0 Å². The maximum absolute atomic E-state index is 13.3. The van der Waals surface area contributed by atoms with Gasteiger partial charge in [-0.2, -0.15) is 0 Å². The van der Waals surface area contributed by atoms with Gasteiger partial charge in [0, 0.05) is 28.4 Å². The Labute approximate surface area is 160 Å². The second-order valence-corrected chi connectivity index (χ2v) is 7.23. The van der Waals surface area contributed by atoms with Crippen LogP contribution in [0.15, 0.2) is 53.9 Å². The highest BCUT2D eigenvalue weighted by Crippen LogP contribution is 2.31. The first kappa shape index (κ1) is 17.4. The van der Waals surface area contributed by atoms with Gasteiger partial charge in [-0.3, -0.25) is 4.79 Å². The van der Waals surface area contributed by atoms with Crippen LogP contribution in [0.2, 0.25) is 0 Å².